The third-order valence-corrected chi connectivity index (χ3v) is 6.56. The van der Waals surface area contributed by atoms with Crippen LogP contribution in [0.4, 0.5) is 0 Å². The quantitative estimate of drug-likeness (QED) is 0.102. The van der Waals surface area contributed by atoms with Gasteiger partial charge >= 0.3 is 63.3 Å². The number of esters is 2. The van der Waals surface area contributed by atoms with E-state index in [-0.39, 0.29) is 66.0 Å². The number of hydrogen-bond donors (Lipinski definition) is 1. The number of carbonyl (C=O) groups excluding carboxylic acids is 2. The molecule has 0 saturated carbocycles. The third-order valence-electron chi connectivity index (χ3n) is 5.48. The Morgan fingerprint density at radius 3 is 1.45 bits per heavy atom. The molecule has 0 bridgehead atoms. The standard InChI is InChI=1S/C24H46O7S.K.H/c1-3-5-7-9-11-13-15-17-19-30-23(25)21-22(32(27,28)29)24(26)31-20-18-16-14-12-10-8-6-4-2;;/h22H,3-21H2,1-2H3,(H,27,28,29);;/q;+1;-1. The summed E-state index contributed by atoms with van der Waals surface area (Å²) in [6.45, 7) is 4.61. The molecule has 1 atom stereocenters. The zero-order valence-electron chi connectivity index (χ0n) is 22.3. The predicted molar refractivity (Wildman–Crippen MR) is 128 cm³/mol. The Morgan fingerprint density at radius 2 is 1.06 bits per heavy atom. The Morgan fingerprint density at radius 1 is 0.697 bits per heavy atom. The molecule has 0 fully saturated rings. The minimum atomic E-state index is -4.75. The maximum atomic E-state index is 12.1. The summed E-state index contributed by atoms with van der Waals surface area (Å²) < 4.78 is 42.4. The molecule has 0 aromatic rings. The Balaban J connectivity index is -0.00000480. The Hall–Kier alpha value is 0.486. The van der Waals surface area contributed by atoms with Gasteiger partial charge in [0.05, 0.1) is 19.6 Å². The molecule has 0 aliphatic rings. The molecule has 9 heteroatoms. The zero-order valence-corrected chi connectivity index (χ0v) is 25.3. The van der Waals surface area contributed by atoms with Crippen LogP contribution in [0.15, 0.2) is 0 Å². The predicted octanol–water partition coefficient (Wildman–Crippen LogP) is 3.12. The van der Waals surface area contributed by atoms with Gasteiger partial charge in [-0.05, 0) is 12.8 Å². The minimum Gasteiger partial charge on any atom is -1.00 e. The molecular weight excluding hydrogens is 471 g/mol. The molecule has 0 radical (unpaired) electrons. The summed E-state index contributed by atoms with van der Waals surface area (Å²) in [5.74, 6) is -1.92. The summed E-state index contributed by atoms with van der Waals surface area (Å²) in [5, 5.41) is -1.93. The van der Waals surface area contributed by atoms with Gasteiger partial charge in [0, 0.05) is 0 Å². The van der Waals surface area contributed by atoms with E-state index in [0.29, 0.717) is 12.8 Å². The van der Waals surface area contributed by atoms with Gasteiger partial charge in [-0.3, -0.25) is 14.1 Å². The number of hydrogen-bond acceptors (Lipinski definition) is 6. The molecule has 192 valence electrons. The molecule has 0 aliphatic heterocycles. The molecule has 0 aliphatic carbocycles. The Bertz CT molecular complexity index is 588. The van der Waals surface area contributed by atoms with Crippen molar-refractivity contribution in [3.8, 4) is 0 Å². The van der Waals surface area contributed by atoms with Crippen LogP contribution in [-0.2, 0) is 29.2 Å². The second-order valence-electron chi connectivity index (χ2n) is 8.55. The first-order valence-corrected chi connectivity index (χ1v) is 14.1. The van der Waals surface area contributed by atoms with Gasteiger partial charge < -0.3 is 10.9 Å². The van der Waals surface area contributed by atoms with Crippen molar-refractivity contribution in [2.24, 2.45) is 0 Å². The van der Waals surface area contributed by atoms with Crippen LogP contribution in [0.25, 0.3) is 0 Å². The van der Waals surface area contributed by atoms with E-state index < -0.39 is 33.7 Å². The number of unbranched alkanes of at least 4 members (excludes halogenated alkanes) is 14. The molecule has 1 N–H and O–H groups in total. The summed E-state index contributed by atoms with van der Waals surface area (Å²) in [6, 6.07) is 0. The maximum Gasteiger partial charge on any atom is 1.00 e. The molecule has 0 rings (SSSR count). The molecule has 7 nitrogen and oxygen atoms in total. The van der Waals surface area contributed by atoms with Gasteiger partial charge in [0.2, 0.25) is 0 Å². The first-order chi connectivity index (χ1) is 15.3. The Labute approximate surface area is 246 Å². The molecular formula is C24H47KO7S. The van der Waals surface area contributed by atoms with Gasteiger partial charge in [0.25, 0.3) is 10.1 Å². The monoisotopic (exact) mass is 518 g/mol. The largest absolute Gasteiger partial charge is 1.00 e. The minimum absolute atomic E-state index is 0. The molecule has 0 amide bonds. The third kappa shape index (κ3) is 22.7. The number of carbonyl (C=O) groups is 2. The Kier molecular flexibility index (Phi) is 26.1. The summed E-state index contributed by atoms with van der Waals surface area (Å²) in [7, 11) is -4.75. The average Bonchev–Trinajstić information content (AvgIpc) is 2.74. The van der Waals surface area contributed by atoms with Gasteiger partial charge in [-0.25, -0.2) is 0 Å². The van der Waals surface area contributed by atoms with Crippen LogP contribution < -0.4 is 51.4 Å². The van der Waals surface area contributed by atoms with E-state index in [9.17, 15) is 22.6 Å². The van der Waals surface area contributed by atoms with Crippen molar-refractivity contribution < 1.29 is 84.8 Å². The number of ether oxygens (including phenoxy) is 2. The van der Waals surface area contributed by atoms with Gasteiger partial charge in [-0.15, -0.1) is 0 Å². The van der Waals surface area contributed by atoms with Crippen LogP contribution in [0.5, 0.6) is 0 Å². The maximum absolute atomic E-state index is 12.1. The summed E-state index contributed by atoms with van der Waals surface area (Å²) >= 11 is 0. The normalized spacial score (nSPS) is 12.1. The molecule has 33 heavy (non-hydrogen) atoms. The van der Waals surface area contributed by atoms with E-state index in [0.717, 1.165) is 38.5 Å². The van der Waals surface area contributed by atoms with E-state index in [1.807, 2.05) is 0 Å². The molecule has 0 saturated heterocycles. The van der Waals surface area contributed by atoms with E-state index in [2.05, 4.69) is 13.8 Å². The summed E-state index contributed by atoms with van der Waals surface area (Å²) in [6.07, 6.45) is 16.6. The van der Waals surface area contributed by atoms with Crippen molar-refractivity contribution in [2.45, 2.75) is 128 Å². The van der Waals surface area contributed by atoms with Gasteiger partial charge in [-0.1, -0.05) is 104 Å². The van der Waals surface area contributed by atoms with Crippen LogP contribution in [0.2, 0.25) is 0 Å². The van der Waals surface area contributed by atoms with Crippen LogP contribution in [0, 0.1) is 0 Å². The van der Waals surface area contributed by atoms with Gasteiger partial charge in [-0.2, -0.15) is 8.42 Å². The van der Waals surface area contributed by atoms with Gasteiger partial charge in [0.1, 0.15) is 0 Å². The van der Waals surface area contributed by atoms with E-state index >= 15 is 0 Å². The fourth-order valence-electron chi connectivity index (χ4n) is 3.44. The molecule has 0 aromatic carbocycles. The zero-order chi connectivity index (χ0) is 24.1. The molecule has 1 unspecified atom stereocenters. The smallest absolute Gasteiger partial charge is 1.00 e. The van der Waals surface area contributed by atoms with Crippen molar-refractivity contribution in [3.63, 3.8) is 0 Å². The topological polar surface area (TPSA) is 107 Å². The average molecular weight is 519 g/mol. The van der Waals surface area contributed by atoms with Crippen molar-refractivity contribution >= 4 is 22.1 Å². The second kappa shape index (κ2) is 24.2. The van der Waals surface area contributed by atoms with E-state index in [1.165, 1.54) is 51.4 Å². The molecule has 0 heterocycles. The molecule has 0 spiro atoms. The van der Waals surface area contributed by atoms with Crippen molar-refractivity contribution in [1.82, 2.24) is 0 Å². The van der Waals surface area contributed by atoms with E-state index in [4.69, 9.17) is 9.47 Å². The first kappa shape index (κ1) is 35.6. The fourth-order valence-corrected chi connectivity index (χ4v) is 4.10. The van der Waals surface area contributed by atoms with Crippen LogP contribution >= 0.6 is 0 Å². The van der Waals surface area contributed by atoms with Gasteiger partial charge in [0.15, 0.2) is 5.25 Å². The van der Waals surface area contributed by atoms with Crippen molar-refractivity contribution in [2.75, 3.05) is 13.2 Å². The summed E-state index contributed by atoms with van der Waals surface area (Å²) in [5.41, 5.74) is 0. The van der Waals surface area contributed by atoms with E-state index in [1.54, 1.807) is 0 Å². The van der Waals surface area contributed by atoms with Crippen LogP contribution in [0.3, 0.4) is 0 Å². The second-order valence-corrected chi connectivity index (χ2v) is 10.1. The van der Waals surface area contributed by atoms with Crippen LogP contribution in [0.1, 0.15) is 124 Å². The van der Waals surface area contributed by atoms with Crippen molar-refractivity contribution in [3.05, 3.63) is 0 Å². The summed E-state index contributed by atoms with van der Waals surface area (Å²) in [4.78, 5) is 24.0. The molecule has 0 aromatic heterocycles. The van der Waals surface area contributed by atoms with Crippen molar-refractivity contribution in [1.29, 1.82) is 0 Å². The van der Waals surface area contributed by atoms with Crippen LogP contribution in [-0.4, -0.2) is 43.4 Å². The number of rotatable bonds is 22. The first-order valence-electron chi connectivity index (χ1n) is 12.6. The fraction of sp³-hybridized carbons (Fsp3) is 0.917. The SMILES string of the molecule is CCCCCCCCCCOC(=O)CC(C(=O)OCCCCCCCCCC)S(=O)(=O)O.[H-].[K+].